The van der Waals surface area contributed by atoms with Crippen LogP contribution in [0.15, 0.2) is 42.6 Å². The third-order valence-corrected chi connectivity index (χ3v) is 4.27. The van der Waals surface area contributed by atoms with Crippen molar-refractivity contribution in [3.8, 4) is 17.2 Å². The van der Waals surface area contributed by atoms with E-state index in [2.05, 4.69) is 10.3 Å². The summed E-state index contributed by atoms with van der Waals surface area (Å²) >= 11 is 0. The largest absolute Gasteiger partial charge is 0.497 e. The Morgan fingerprint density at radius 2 is 1.65 bits per heavy atom. The summed E-state index contributed by atoms with van der Waals surface area (Å²) in [6, 6.07) is 11.0. The molecule has 0 aliphatic carbocycles. The zero-order valence-electron chi connectivity index (χ0n) is 15.1. The van der Waals surface area contributed by atoms with Crippen molar-refractivity contribution < 1.29 is 19.0 Å². The number of ether oxygens (including phenoxy) is 3. The van der Waals surface area contributed by atoms with Crippen LogP contribution in [0.4, 0.5) is 0 Å². The minimum absolute atomic E-state index is 0.163. The van der Waals surface area contributed by atoms with Crippen LogP contribution in [0.1, 0.15) is 15.9 Å². The Kier molecular flexibility index (Phi) is 5.31. The number of hydrogen-bond donors (Lipinski definition) is 2. The lowest BCUT2D eigenvalue weighted by atomic mass is 10.1. The van der Waals surface area contributed by atoms with E-state index in [1.807, 2.05) is 24.4 Å². The van der Waals surface area contributed by atoms with E-state index < -0.39 is 0 Å². The molecule has 0 bridgehead atoms. The van der Waals surface area contributed by atoms with Gasteiger partial charge >= 0.3 is 0 Å². The predicted octanol–water partition coefficient (Wildman–Crippen LogP) is 3.17. The molecule has 0 aliphatic rings. The summed E-state index contributed by atoms with van der Waals surface area (Å²) < 4.78 is 15.6. The van der Waals surface area contributed by atoms with Crippen molar-refractivity contribution in [2.24, 2.45) is 0 Å². The number of carbonyl (C=O) groups is 1. The van der Waals surface area contributed by atoms with Gasteiger partial charge in [0.05, 0.1) is 21.3 Å². The van der Waals surface area contributed by atoms with Crippen LogP contribution < -0.4 is 19.5 Å². The molecule has 0 fully saturated rings. The van der Waals surface area contributed by atoms with E-state index in [-0.39, 0.29) is 5.91 Å². The topological polar surface area (TPSA) is 72.6 Å². The summed E-state index contributed by atoms with van der Waals surface area (Å²) in [5.41, 5.74) is 2.67. The maximum absolute atomic E-state index is 12.4. The molecule has 0 unspecified atom stereocenters. The number of aromatic nitrogens is 1. The predicted molar refractivity (Wildman–Crippen MR) is 100 cm³/mol. The fourth-order valence-electron chi connectivity index (χ4n) is 2.85. The van der Waals surface area contributed by atoms with Gasteiger partial charge in [-0.3, -0.25) is 4.79 Å². The molecule has 0 radical (unpaired) electrons. The molecule has 1 amide bonds. The first-order valence-electron chi connectivity index (χ1n) is 8.30. The van der Waals surface area contributed by atoms with Gasteiger partial charge in [-0.05, 0) is 36.2 Å². The highest BCUT2D eigenvalue weighted by molar-refractivity contribution is 5.95. The lowest BCUT2D eigenvalue weighted by Gasteiger charge is -2.09. The number of methoxy groups -OCH3 is 3. The maximum atomic E-state index is 12.4. The zero-order valence-corrected chi connectivity index (χ0v) is 15.1. The van der Waals surface area contributed by atoms with E-state index in [1.54, 1.807) is 39.5 Å². The third kappa shape index (κ3) is 3.74. The van der Waals surface area contributed by atoms with Crippen LogP contribution in [0, 0.1) is 0 Å². The highest BCUT2D eigenvalue weighted by Crippen LogP contribution is 2.24. The van der Waals surface area contributed by atoms with E-state index in [0.717, 1.165) is 28.6 Å². The fourth-order valence-corrected chi connectivity index (χ4v) is 2.85. The number of aromatic amines is 1. The van der Waals surface area contributed by atoms with Crippen molar-refractivity contribution in [2.45, 2.75) is 6.42 Å². The summed E-state index contributed by atoms with van der Waals surface area (Å²) in [4.78, 5) is 15.6. The number of amides is 1. The second-order valence-electron chi connectivity index (χ2n) is 5.83. The van der Waals surface area contributed by atoms with Crippen molar-refractivity contribution in [3.63, 3.8) is 0 Å². The molecular weight excluding hydrogens is 332 g/mol. The number of nitrogens with one attached hydrogen (secondary N) is 2. The Morgan fingerprint density at radius 1 is 0.962 bits per heavy atom. The van der Waals surface area contributed by atoms with Crippen LogP contribution in [0.25, 0.3) is 10.9 Å². The maximum Gasteiger partial charge on any atom is 0.251 e. The molecule has 2 aromatic carbocycles. The van der Waals surface area contributed by atoms with Gasteiger partial charge in [-0.2, -0.15) is 0 Å². The van der Waals surface area contributed by atoms with Crippen molar-refractivity contribution in [2.75, 3.05) is 27.9 Å². The van der Waals surface area contributed by atoms with Gasteiger partial charge in [0.25, 0.3) is 5.91 Å². The first kappa shape index (κ1) is 17.7. The highest BCUT2D eigenvalue weighted by atomic mass is 16.5. The van der Waals surface area contributed by atoms with E-state index in [4.69, 9.17) is 14.2 Å². The van der Waals surface area contributed by atoms with Gasteiger partial charge < -0.3 is 24.5 Å². The average Bonchev–Trinajstić information content (AvgIpc) is 3.09. The molecule has 136 valence electrons. The quantitative estimate of drug-likeness (QED) is 0.684. The minimum Gasteiger partial charge on any atom is -0.497 e. The molecule has 6 heteroatoms. The number of benzene rings is 2. The molecular formula is C20H22N2O4. The summed E-state index contributed by atoms with van der Waals surface area (Å²) in [6.45, 7) is 0.525. The van der Waals surface area contributed by atoms with Crippen molar-refractivity contribution in [1.82, 2.24) is 10.3 Å². The minimum atomic E-state index is -0.163. The molecule has 0 aliphatic heterocycles. The van der Waals surface area contributed by atoms with E-state index in [9.17, 15) is 4.79 Å². The molecule has 1 aromatic heterocycles. The van der Waals surface area contributed by atoms with Gasteiger partial charge in [0.15, 0.2) is 0 Å². The van der Waals surface area contributed by atoms with Crippen LogP contribution in [-0.4, -0.2) is 38.8 Å². The normalized spacial score (nSPS) is 10.6. The Bertz CT molecular complexity index is 895. The van der Waals surface area contributed by atoms with Gasteiger partial charge in [0, 0.05) is 41.3 Å². The third-order valence-electron chi connectivity index (χ3n) is 4.27. The first-order valence-corrected chi connectivity index (χ1v) is 8.30. The van der Waals surface area contributed by atoms with Crippen LogP contribution in [0.2, 0.25) is 0 Å². The smallest absolute Gasteiger partial charge is 0.251 e. The van der Waals surface area contributed by atoms with Crippen LogP contribution in [0.3, 0.4) is 0 Å². The average molecular weight is 354 g/mol. The number of hydrogen-bond acceptors (Lipinski definition) is 4. The lowest BCUT2D eigenvalue weighted by Crippen LogP contribution is -2.25. The highest BCUT2D eigenvalue weighted by Gasteiger charge is 2.10. The molecule has 0 saturated heterocycles. The lowest BCUT2D eigenvalue weighted by molar-refractivity contribution is 0.0953. The summed E-state index contributed by atoms with van der Waals surface area (Å²) in [5, 5.41) is 4.07. The summed E-state index contributed by atoms with van der Waals surface area (Å²) in [5.74, 6) is 1.81. The van der Waals surface area contributed by atoms with Gasteiger partial charge in [-0.1, -0.05) is 0 Å². The zero-order chi connectivity index (χ0) is 18.5. The van der Waals surface area contributed by atoms with Crippen LogP contribution in [0.5, 0.6) is 17.2 Å². The van der Waals surface area contributed by atoms with Crippen molar-refractivity contribution in [3.05, 3.63) is 53.7 Å². The number of rotatable bonds is 7. The second kappa shape index (κ2) is 7.82. The van der Waals surface area contributed by atoms with Crippen LogP contribution in [-0.2, 0) is 6.42 Å². The fraction of sp³-hybridized carbons (Fsp3) is 0.250. The Morgan fingerprint density at radius 3 is 2.31 bits per heavy atom. The Balaban J connectivity index is 1.65. The number of carbonyl (C=O) groups excluding carboxylic acids is 1. The van der Waals surface area contributed by atoms with E-state index >= 15 is 0 Å². The molecule has 26 heavy (non-hydrogen) atoms. The van der Waals surface area contributed by atoms with E-state index in [1.165, 1.54) is 0 Å². The van der Waals surface area contributed by atoms with Crippen molar-refractivity contribution in [1.29, 1.82) is 0 Å². The summed E-state index contributed by atoms with van der Waals surface area (Å²) in [7, 11) is 4.76. The van der Waals surface area contributed by atoms with Crippen molar-refractivity contribution >= 4 is 16.8 Å². The summed E-state index contributed by atoms with van der Waals surface area (Å²) in [6.07, 6.45) is 2.68. The molecule has 0 saturated carbocycles. The second-order valence-corrected chi connectivity index (χ2v) is 5.83. The SMILES string of the molecule is COc1cc(OC)cc(C(=O)NCCc2c[nH]c3cc(OC)ccc23)c1. The monoisotopic (exact) mass is 354 g/mol. The Labute approximate surface area is 152 Å². The van der Waals surface area contributed by atoms with Gasteiger partial charge in [0.2, 0.25) is 0 Å². The number of fused-ring (bicyclic) bond motifs is 1. The first-order chi connectivity index (χ1) is 12.6. The van der Waals surface area contributed by atoms with E-state index in [0.29, 0.717) is 23.6 Å². The molecule has 0 atom stereocenters. The number of H-pyrrole nitrogens is 1. The molecule has 3 aromatic rings. The molecule has 1 heterocycles. The van der Waals surface area contributed by atoms with Crippen LogP contribution >= 0.6 is 0 Å². The molecule has 6 nitrogen and oxygen atoms in total. The molecule has 3 rings (SSSR count). The molecule has 2 N–H and O–H groups in total. The standard InChI is InChI=1S/C20H22N2O4/c1-24-15-4-5-18-13(12-22-19(18)11-15)6-7-21-20(23)14-8-16(25-2)10-17(9-14)26-3/h4-5,8-12,22H,6-7H2,1-3H3,(H,21,23). The van der Waals surface area contributed by atoms with Gasteiger partial charge in [-0.15, -0.1) is 0 Å². The van der Waals surface area contributed by atoms with Gasteiger partial charge in [0.1, 0.15) is 17.2 Å². The molecule has 0 spiro atoms. The van der Waals surface area contributed by atoms with Gasteiger partial charge in [-0.25, -0.2) is 0 Å². The Hall–Kier alpha value is -3.15.